The normalized spacial score (nSPS) is 11.2. The fourth-order valence-corrected chi connectivity index (χ4v) is 3.74. The molecule has 0 aliphatic carbocycles. The molecule has 0 radical (unpaired) electrons. The van der Waals surface area contributed by atoms with Crippen molar-refractivity contribution in [1.29, 1.82) is 0 Å². The van der Waals surface area contributed by atoms with Gasteiger partial charge in [0, 0.05) is 15.0 Å². The minimum absolute atomic E-state index is 1.31. The van der Waals surface area contributed by atoms with Crippen molar-refractivity contribution in [2.24, 2.45) is 0 Å². The Hall–Kier alpha value is -2.12. The molecule has 0 fully saturated rings. The van der Waals surface area contributed by atoms with Crippen LogP contribution in [0.15, 0.2) is 66.7 Å². The fraction of sp³-hybridized carbons (Fsp3) is 0.0526. The first kappa shape index (κ1) is 11.7. The quantitative estimate of drug-likeness (QED) is 0.397. The lowest BCUT2D eigenvalue weighted by atomic mass is 10.1. The Kier molecular flexibility index (Phi) is 2.61. The highest BCUT2D eigenvalue weighted by Crippen LogP contribution is 2.37. The summed E-state index contributed by atoms with van der Waals surface area (Å²) >= 11 is 1.87. The summed E-state index contributed by atoms with van der Waals surface area (Å²) in [5.41, 5.74) is 2.61. The summed E-state index contributed by atoms with van der Waals surface area (Å²) in [5.74, 6) is 0. The summed E-state index contributed by atoms with van der Waals surface area (Å²) < 4.78 is 1.36. The molecule has 0 N–H and O–H groups in total. The smallest absolute Gasteiger partial charge is 0.0355 e. The van der Waals surface area contributed by atoms with E-state index in [2.05, 4.69) is 73.7 Å². The first-order valence-corrected chi connectivity index (χ1v) is 7.61. The summed E-state index contributed by atoms with van der Waals surface area (Å²) in [5, 5.41) is 4.02. The van der Waals surface area contributed by atoms with Crippen molar-refractivity contribution in [2.75, 3.05) is 0 Å². The molecule has 0 atom stereocenters. The van der Waals surface area contributed by atoms with Crippen molar-refractivity contribution in [3.05, 3.63) is 72.3 Å². The summed E-state index contributed by atoms with van der Waals surface area (Å²) in [6.45, 7) is 2.13. The predicted octanol–water partition coefficient (Wildman–Crippen LogP) is 6.03. The fourth-order valence-electron chi connectivity index (χ4n) is 2.65. The van der Waals surface area contributed by atoms with Gasteiger partial charge in [-0.1, -0.05) is 60.2 Å². The van der Waals surface area contributed by atoms with Crippen LogP contribution in [0.3, 0.4) is 0 Å². The molecule has 0 unspecified atom stereocenters. The van der Waals surface area contributed by atoms with Crippen LogP contribution in [-0.4, -0.2) is 0 Å². The summed E-state index contributed by atoms with van der Waals surface area (Å²) in [6, 6.07) is 24.2. The molecule has 0 aliphatic heterocycles. The van der Waals surface area contributed by atoms with E-state index in [1.807, 2.05) is 11.3 Å². The molecule has 0 bridgehead atoms. The average molecular weight is 274 g/mol. The SMILES string of the molecule is Cc1ccc(-c2cc3c(ccc4ccccc43)s2)cc1. The van der Waals surface area contributed by atoms with Gasteiger partial charge in [0.15, 0.2) is 0 Å². The molecule has 0 saturated heterocycles. The Morgan fingerprint density at radius 2 is 1.55 bits per heavy atom. The lowest BCUT2D eigenvalue weighted by Crippen LogP contribution is -1.73. The van der Waals surface area contributed by atoms with Gasteiger partial charge in [-0.2, -0.15) is 0 Å². The number of benzene rings is 3. The van der Waals surface area contributed by atoms with Crippen molar-refractivity contribution >= 4 is 32.2 Å². The predicted molar refractivity (Wildman–Crippen MR) is 89.5 cm³/mol. The van der Waals surface area contributed by atoms with E-state index in [0.29, 0.717) is 0 Å². The van der Waals surface area contributed by atoms with Gasteiger partial charge in [0.1, 0.15) is 0 Å². The van der Waals surface area contributed by atoms with E-state index in [0.717, 1.165) is 0 Å². The maximum Gasteiger partial charge on any atom is 0.0355 e. The van der Waals surface area contributed by atoms with Crippen LogP contribution in [0, 0.1) is 6.92 Å². The molecule has 4 aromatic rings. The zero-order valence-corrected chi connectivity index (χ0v) is 12.1. The molecule has 1 heterocycles. The zero-order chi connectivity index (χ0) is 13.5. The third-order valence-corrected chi connectivity index (χ3v) is 4.91. The topological polar surface area (TPSA) is 0 Å². The van der Waals surface area contributed by atoms with E-state index in [9.17, 15) is 0 Å². The standard InChI is InChI=1S/C19H14S/c1-13-6-8-15(9-7-13)19-12-17-16-5-3-2-4-14(16)10-11-18(17)20-19/h2-12H,1H3. The Bertz CT molecular complexity index is 898. The molecule has 0 saturated carbocycles. The molecule has 4 rings (SSSR count). The monoisotopic (exact) mass is 274 g/mol. The maximum absolute atomic E-state index is 2.33. The van der Waals surface area contributed by atoms with Crippen LogP contribution in [0.25, 0.3) is 31.3 Å². The van der Waals surface area contributed by atoms with Gasteiger partial charge in [-0.3, -0.25) is 0 Å². The molecule has 1 heteroatoms. The van der Waals surface area contributed by atoms with E-state index < -0.39 is 0 Å². The molecule has 0 amide bonds. The lowest BCUT2D eigenvalue weighted by Gasteiger charge is -1.98. The van der Waals surface area contributed by atoms with Crippen molar-refractivity contribution in [2.45, 2.75) is 6.92 Å². The van der Waals surface area contributed by atoms with E-state index in [-0.39, 0.29) is 0 Å². The highest BCUT2D eigenvalue weighted by molar-refractivity contribution is 7.22. The number of aryl methyl sites for hydroxylation is 1. The van der Waals surface area contributed by atoms with Crippen LogP contribution in [0.1, 0.15) is 5.56 Å². The summed E-state index contributed by atoms with van der Waals surface area (Å²) in [4.78, 5) is 1.34. The molecule has 0 nitrogen and oxygen atoms in total. The lowest BCUT2D eigenvalue weighted by molar-refractivity contribution is 1.48. The van der Waals surface area contributed by atoms with Crippen molar-refractivity contribution in [1.82, 2.24) is 0 Å². The molecule has 20 heavy (non-hydrogen) atoms. The van der Waals surface area contributed by atoms with Gasteiger partial charge in [-0.05, 0) is 35.4 Å². The molecule has 1 aromatic heterocycles. The number of hydrogen-bond donors (Lipinski definition) is 0. The average Bonchev–Trinajstić information content (AvgIpc) is 2.92. The van der Waals surface area contributed by atoms with Crippen molar-refractivity contribution in [3.63, 3.8) is 0 Å². The minimum atomic E-state index is 1.31. The third-order valence-electron chi connectivity index (χ3n) is 3.76. The molecule has 0 aliphatic rings. The molecular weight excluding hydrogens is 260 g/mol. The van der Waals surface area contributed by atoms with Gasteiger partial charge in [-0.25, -0.2) is 0 Å². The highest BCUT2D eigenvalue weighted by Gasteiger charge is 2.07. The Balaban J connectivity index is 1.98. The van der Waals surface area contributed by atoms with Gasteiger partial charge < -0.3 is 0 Å². The van der Waals surface area contributed by atoms with E-state index in [1.165, 1.54) is 36.9 Å². The summed E-state index contributed by atoms with van der Waals surface area (Å²) in [7, 11) is 0. The van der Waals surface area contributed by atoms with Gasteiger partial charge in [0.05, 0.1) is 0 Å². The van der Waals surface area contributed by atoms with Crippen LogP contribution >= 0.6 is 11.3 Å². The molecule has 0 spiro atoms. The number of hydrogen-bond acceptors (Lipinski definition) is 1. The maximum atomic E-state index is 2.33. The van der Waals surface area contributed by atoms with E-state index >= 15 is 0 Å². The highest BCUT2D eigenvalue weighted by atomic mass is 32.1. The first-order chi connectivity index (χ1) is 9.81. The van der Waals surface area contributed by atoms with Gasteiger partial charge in [0.25, 0.3) is 0 Å². The van der Waals surface area contributed by atoms with Crippen LogP contribution < -0.4 is 0 Å². The molecule has 3 aromatic carbocycles. The van der Waals surface area contributed by atoms with Crippen molar-refractivity contribution in [3.8, 4) is 10.4 Å². The van der Waals surface area contributed by atoms with Gasteiger partial charge in [-0.15, -0.1) is 11.3 Å². The molecule has 96 valence electrons. The van der Waals surface area contributed by atoms with Crippen LogP contribution in [-0.2, 0) is 0 Å². The van der Waals surface area contributed by atoms with Gasteiger partial charge >= 0.3 is 0 Å². The van der Waals surface area contributed by atoms with Gasteiger partial charge in [0.2, 0.25) is 0 Å². The molecular formula is C19H14S. The number of fused-ring (bicyclic) bond motifs is 3. The van der Waals surface area contributed by atoms with Crippen molar-refractivity contribution < 1.29 is 0 Å². The largest absolute Gasteiger partial charge is 0.135 e. The third kappa shape index (κ3) is 1.83. The van der Waals surface area contributed by atoms with E-state index in [4.69, 9.17) is 0 Å². The van der Waals surface area contributed by atoms with E-state index in [1.54, 1.807) is 0 Å². The minimum Gasteiger partial charge on any atom is -0.135 e. The second kappa shape index (κ2) is 4.46. The Labute approximate surface area is 122 Å². The number of rotatable bonds is 1. The van der Waals surface area contributed by atoms with Crippen LogP contribution in [0.4, 0.5) is 0 Å². The van der Waals surface area contributed by atoms with Crippen LogP contribution in [0.5, 0.6) is 0 Å². The Morgan fingerprint density at radius 1 is 0.750 bits per heavy atom. The zero-order valence-electron chi connectivity index (χ0n) is 11.3. The summed E-state index contributed by atoms with van der Waals surface area (Å²) in [6.07, 6.45) is 0. The second-order valence-electron chi connectivity index (χ2n) is 5.18. The number of thiophene rings is 1. The second-order valence-corrected chi connectivity index (χ2v) is 6.26. The Morgan fingerprint density at radius 3 is 2.40 bits per heavy atom. The first-order valence-electron chi connectivity index (χ1n) is 6.79. The van der Waals surface area contributed by atoms with Crippen LogP contribution in [0.2, 0.25) is 0 Å².